The average molecular weight is 695 g/mol. The Morgan fingerprint density at radius 3 is 1.37 bits per heavy atom. The number of ether oxygens (including phenoxy) is 2. The van der Waals surface area contributed by atoms with E-state index in [0.717, 1.165) is 57.8 Å². The van der Waals surface area contributed by atoms with Crippen molar-refractivity contribution in [1.82, 2.24) is 0 Å². The quantitative estimate of drug-likeness (QED) is 0.0360. The average Bonchev–Trinajstić information content (AvgIpc) is 2.91. The molecule has 0 aromatic heterocycles. The molecule has 0 aromatic rings. The Labute approximate surface area is 259 Å². The lowest BCUT2D eigenvalue weighted by Gasteiger charge is -2.06. The molecular formula is C20H38O10S8. The van der Waals surface area contributed by atoms with Gasteiger partial charge in [-0.05, 0) is 0 Å². The van der Waals surface area contributed by atoms with Crippen LogP contribution in [-0.2, 0) is 38.6 Å². The molecule has 0 amide bonds. The highest BCUT2D eigenvalue weighted by molar-refractivity contribution is 8.04. The molecule has 0 saturated carbocycles. The molecule has 226 valence electrons. The molecule has 0 atom stereocenters. The highest BCUT2D eigenvalue weighted by Gasteiger charge is 2.04. The fraction of sp³-hybridized carbons (Fsp3) is 0.900. The van der Waals surface area contributed by atoms with Crippen molar-refractivity contribution in [3.63, 3.8) is 0 Å². The van der Waals surface area contributed by atoms with Gasteiger partial charge in [-0.25, -0.2) is 19.6 Å². The zero-order valence-corrected chi connectivity index (χ0v) is 27.7. The Bertz CT molecular complexity index is 528. The molecule has 0 aliphatic carbocycles. The highest BCUT2D eigenvalue weighted by atomic mass is 32.2. The largest absolute Gasteiger partial charge is 0.454 e. The van der Waals surface area contributed by atoms with Gasteiger partial charge in [0, 0.05) is 46.0 Å². The van der Waals surface area contributed by atoms with Gasteiger partial charge in [-0.2, -0.15) is 23.5 Å². The van der Waals surface area contributed by atoms with E-state index in [0.29, 0.717) is 42.5 Å². The van der Waals surface area contributed by atoms with Crippen molar-refractivity contribution in [2.75, 3.05) is 106 Å². The molecule has 0 saturated heterocycles. The van der Waals surface area contributed by atoms with Gasteiger partial charge in [-0.3, -0.25) is 9.59 Å². The molecular weight excluding hydrogens is 657 g/mol. The van der Waals surface area contributed by atoms with Crippen LogP contribution in [-0.4, -0.2) is 129 Å². The van der Waals surface area contributed by atoms with Crippen molar-refractivity contribution in [1.29, 1.82) is 0 Å². The number of rotatable bonds is 31. The summed E-state index contributed by atoms with van der Waals surface area (Å²) in [6, 6.07) is 0. The second-order valence-corrected chi connectivity index (χ2v) is 14.8. The van der Waals surface area contributed by atoms with Crippen molar-refractivity contribution in [3.05, 3.63) is 0 Å². The van der Waals surface area contributed by atoms with Gasteiger partial charge in [-0.15, -0.1) is 58.8 Å². The Balaban J connectivity index is 3.18. The lowest BCUT2D eigenvalue weighted by Crippen LogP contribution is -2.08. The van der Waals surface area contributed by atoms with Crippen LogP contribution in [0.2, 0.25) is 0 Å². The molecule has 0 aromatic carbocycles. The zero-order chi connectivity index (χ0) is 27.8. The highest BCUT2D eigenvalue weighted by Crippen LogP contribution is 2.11. The molecule has 0 rings (SSSR count). The van der Waals surface area contributed by atoms with Crippen molar-refractivity contribution in [2.24, 2.45) is 0 Å². The van der Waals surface area contributed by atoms with Crippen LogP contribution in [0, 0.1) is 0 Å². The minimum absolute atomic E-state index is 0.0156. The van der Waals surface area contributed by atoms with E-state index in [1.54, 1.807) is 58.8 Å². The van der Waals surface area contributed by atoms with Gasteiger partial charge in [0.2, 0.25) is 0 Å². The molecule has 0 fully saturated rings. The van der Waals surface area contributed by atoms with Crippen LogP contribution < -0.4 is 0 Å². The van der Waals surface area contributed by atoms with E-state index in [1.165, 1.54) is 23.5 Å². The second-order valence-electron chi connectivity index (χ2n) is 6.20. The van der Waals surface area contributed by atoms with Gasteiger partial charge in [0.25, 0.3) is 0 Å². The van der Waals surface area contributed by atoms with Crippen LogP contribution in [0.5, 0.6) is 0 Å². The number of hydrogen-bond acceptors (Lipinski definition) is 18. The summed E-state index contributed by atoms with van der Waals surface area (Å²) in [6.45, 7) is 1.00. The third-order valence-corrected chi connectivity index (χ3v) is 10.4. The number of hydrogen-bond donors (Lipinski definition) is 2. The van der Waals surface area contributed by atoms with E-state index in [-0.39, 0.29) is 29.8 Å². The van der Waals surface area contributed by atoms with Crippen LogP contribution in [0.15, 0.2) is 0 Å². The van der Waals surface area contributed by atoms with Crippen molar-refractivity contribution < 1.29 is 48.8 Å². The number of aliphatic hydroxyl groups is 2. The Kier molecular flexibility index (Phi) is 36.1. The Morgan fingerprint density at radius 2 is 0.842 bits per heavy atom. The van der Waals surface area contributed by atoms with Gasteiger partial charge in [0.15, 0.2) is 0 Å². The SMILES string of the molecule is O=C(CSCCSCCOOCSCCSCOC(=O)CSCCSCCOOCSCO)OCSCO. The minimum atomic E-state index is -0.258. The first-order valence-corrected chi connectivity index (χ1v) is 20.6. The van der Waals surface area contributed by atoms with Gasteiger partial charge in [0.1, 0.15) is 23.8 Å². The maximum Gasteiger partial charge on any atom is 0.316 e. The zero-order valence-electron chi connectivity index (χ0n) is 21.2. The van der Waals surface area contributed by atoms with Gasteiger partial charge < -0.3 is 19.7 Å². The molecule has 0 aliphatic rings. The first-order chi connectivity index (χ1) is 18.7. The number of aliphatic hydroxyl groups excluding tert-OH is 2. The lowest BCUT2D eigenvalue weighted by atomic mass is 10.8. The van der Waals surface area contributed by atoms with Crippen LogP contribution in [0.3, 0.4) is 0 Å². The number of carbonyl (C=O) groups excluding carboxylic acids is 2. The molecule has 0 radical (unpaired) electrons. The van der Waals surface area contributed by atoms with Crippen molar-refractivity contribution in [2.45, 2.75) is 0 Å². The first kappa shape index (κ1) is 39.5. The Morgan fingerprint density at radius 1 is 0.447 bits per heavy atom. The monoisotopic (exact) mass is 694 g/mol. The van der Waals surface area contributed by atoms with Crippen molar-refractivity contribution >= 4 is 106 Å². The lowest BCUT2D eigenvalue weighted by molar-refractivity contribution is -0.274. The van der Waals surface area contributed by atoms with Crippen molar-refractivity contribution in [3.8, 4) is 0 Å². The summed E-state index contributed by atoms with van der Waals surface area (Å²) >= 11 is 12.1. The molecule has 18 heteroatoms. The van der Waals surface area contributed by atoms with E-state index in [4.69, 9.17) is 39.2 Å². The van der Waals surface area contributed by atoms with E-state index in [2.05, 4.69) is 0 Å². The van der Waals surface area contributed by atoms with E-state index in [1.807, 2.05) is 0 Å². The standard InChI is InChI=1S/C20H38O10S8/c21-13-37-16-26-20(24)12-34-8-6-31-3-1-27-29-17-36-10-9-35-15-25-19(23)11-33-7-5-32-4-2-28-30-18-38-14-22/h21-22H,1-18H2. The maximum absolute atomic E-state index is 11.7. The van der Waals surface area contributed by atoms with E-state index < -0.39 is 0 Å². The third-order valence-electron chi connectivity index (χ3n) is 3.40. The number of carbonyl (C=O) groups is 2. The van der Waals surface area contributed by atoms with Gasteiger partial charge >= 0.3 is 11.9 Å². The Hall–Kier alpha value is 1.50. The molecule has 0 spiro atoms. The molecule has 0 bridgehead atoms. The molecule has 0 unspecified atom stereocenters. The molecule has 2 N–H and O–H groups in total. The van der Waals surface area contributed by atoms with Gasteiger partial charge in [-0.1, -0.05) is 11.8 Å². The van der Waals surface area contributed by atoms with E-state index in [9.17, 15) is 9.59 Å². The summed E-state index contributed by atoms with van der Waals surface area (Å²) in [5.74, 6) is 8.45. The molecule has 0 aliphatic heterocycles. The van der Waals surface area contributed by atoms with E-state index >= 15 is 0 Å². The predicted molar refractivity (Wildman–Crippen MR) is 169 cm³/mol. The van der Waals surface area contributed by atoms with Crippen LogP contribution in [0.4, 0.5) is 0 Å². The molecule has 38 heavy (non-hydrogen) atoms. The third kappa shape index (κ3) is 33.7. The van der Waals surface area contributed by atoms with Crippen LogP contribution in [0.1, 0.15) is 0 Å². The smallest absolute Gasteiger partial charge is 0.316 e. The van der Waals surface area contributed by atoms with Crippen LogP contribution >= 0.6 is 94.1 Å². The first-order valence-electron chi connectivity index (χ1n) is 11.3. The second kappa shape index (κ2) is 34.7. The minimum Gasteiger partial charge on any atom is -0.454 e. The topological polar surface area (TPSA) is 130 Å². The summed E-state index contributed by atoms with van der Waals surface area (Å²) in [5, 5.41) is 17.2. The van der Waals surface area contributed by atoms with Gasteiger partial charge in [0.05, 0.1) is 36.6 Å². The summed E-state index contributed by atoms with van der Waals surface area (Å²) in [4.78, 5) is 43.1. The fourth-order valence-electron chi connectivity index (χ4n) is 1.80. The molecule has 10 nitrogen and oxygen atoms in total. The molecule has 0 heterocycles. The normalized spacial score (nSPS) is 11.1. The summed E-state index contributed by atoms with van der Waals surface area (Å²) in [6.07, 6.45) is 0. The number of thioether (sulfide) groups is 8. The number of esters is 2. The van der Waals surface area contributed by atoms with Crippen LogP contribution in [0.25, 0.3) is 0 Å². The summed E-state index contributed by atoms with van der Waals surface area (Å²) < 4.78 is 10.1. The summed E-state index contributed by atoms with van der Waals surface area (Å²) in [5.41, 5.74) is 0. The fourth-order valence-corrected chi connectivity index (χ4v) is 7.28. The predicted octanol–water partition coefficient (Wildman–Crippen LogP) is 3.56. The summed E-state index contributed by atoms with van der Waals surface area (Å²) in [7, 11) is 0. The maximum atomic E-state index is 11.7.